The van der Waals surface area contributed by atoms with Crippen LogP contribution in [0.25, 0.3) is 0 Å². The van der Waals surface area contributed by atoms with Gasteiger partial charge in [-0.2, -0.15) is 5.26 Å². The summed E-state index contributed by atoms with van der Waals surface area (Å²) < 4.78 is 13.8. The van der Waals surface area contributed by atoms with Crippen molar-refractivity contribution in [3.05, 3.63) is 35.1 Å². The molecule has 0 atom stereocenters. The zero-order valence-corrected chi connectivity index (χ0v) is 16.3. The van der Waals surface area contributed by atoms with Crippen molar-refractivity contribution in [2.45, 2.75) is 25.8 Å². The van der Waals surface area contributed by atoms with Crippen LogP contribution in [-0.2, 0) is 6.54 Å². The monoisotopic (exact) mass is 445 g/mol. The van der Waals surface area contributed by atoms with Gasteiger partial charge in [0, 0.05) is 32.2 Å². The standard InChI is InChI=1S/C17H24FN5.HI/c1-20-17(21-7-10-23-8-3-2-4-9-23)22-13-15-6-5-14(12-19)11-16(15)18;/h5-6,11H,2-4,7-10,13H2,1H3,(H2,20,21,22);1H. The van der Waals surface area contributed by atoms with Crippen LogP contribution in [0.1, 0.15) is 30.4 Å². The zero-order chi connectivity index (χ0) is 16.5. The third-order valence-electron chi connectivity index (χ3n) is 4.02. The van der Waals surface area contributed by atoms with Gasteiger partial charge in [-0.05, 0) is 38.1 Å². The first-order chi connectivity index (χ1) is 11.2. The lowest BCUT2D eigenvalue weighted by Gasteiger charge is -2.26. The van der Waals surface area contributed by atoms with Gasteiger partial charge in [-0.25, -0.2) is 4.39 Å². The van der Waals surface area contributed by atoms with Crippen LogP contribution in [0, 0.1) is 17.1 Å². The lowest BCUT2D eigenvalue weighted by Crippen LogP contribution is -2.42. The van der Waals surface area contributed by atoms with E-state index in [0.717, 1.165) is 13.1 Å². The van der Waals surface area contributed by atoms with E-state index in [4.69, 9.17) is 5.26 Å². The number of aliphatic imine (C=N–C) groups is 1. The Bertz CT molecular complexity index is 579. The number of likely N-dealkylation sites (tertiary alicyclic amines) is 1. The van der Waals surface area contributed by atoms with Crippen molar-refractivity contribution in [2.75, 3.05) is 33.2 Å². The van der Waals surface area contributed by atoms with Crippen LogP contribution in [-0.4, -0.2) is 44.1 Å². The first-order valence-corrected chi connectivity index (χ1v) is 8.08. The van der Waals surface area contributed by atoms with Gasteiger partial charge in [-0.3, -0.25) is 4.99 Å². The predicted octanol–water partition coefficient (Wildman–Crippen LogP) is 2.47. The molecule has 0 spiro atoms. The van der Waals surface area contributed by atoms with Gasteiger partial charge >= 0.3 is 0 Å². The summed E-state index contributed by atoms with van der Waals surface area (Å²) >= 11 is 0. The third-order valence-corrected chi connectivity index (χ3v) is 4.02. The van der Waals surface area contributed by atoms with E-state index < -0.39 is 0 Å². The van der Waals surface area contributed by atoms with E-state index in [9.17, 15) is 4.39 Å². The van der Waals surface area contributed by atoms with Crippen molar-refractivity contribution < 1.29 is 4.39 Å². The molecule has 1 saturated heterocycles. The van der Waals surface area contributed by atoms with E-state index in [1.807, 2.05) is 6.07 Å². The first kappa shape index (κ1) is 20.6. The van der Waals surface area contributed by atoms with E-state index in [-0.39, 0.29) is 29.8 Å². The number of hydrogen-bond acceptors (Lipinski definition) is 3. The molecule has 0 aromatic heterocycles. The van der Waals surface area contributed by atoms with Crippen LogP contribution in [0.4, 0.5) is 4.39 Å². The molecule has 0 saturated carbocycles. The molecule has 1 aliphatic rings. The van der Waals surface area contributed by atoms with Crippen molar-refractivity contribution >= 4 is 29.9 Å². The maximum Gasteiger partial charge on any atom is 0.191 e. The fourth-order valence-corrected chi connectivity index (χ4v) is 2.68. The van der Waals surface area contributed by atoms with Crippen molar-refractivity contribution in [1.82, 2.24) is 15.5 Å². The highest BCUT2D eigenvalue weighted by Crippen LogP contribution is 2.09. The molecular formula is C17H25FIN5. The Kier molecular flexibility index (Phi) is 9.64. The van der Waals surface area contributed by atoms with Crippen LogP contribution in [0.15, 0.2) is 23.2 Å². The molecule has 0 unspecified atom stereocenters. The molecule has 1 fully saturated rings. The Hall–Kier alpha value is -1.40. The van der Waals surface area contributed by atoms with Gasteiger partial charge in [0.05, 0.1) is 11.6 Å². The van der Waals surface area contributed by atoms with Gasteiger partial charge in [-0.15, -0.1) is 24.0 Å². The van der Waals surface area contributed by atoms with Crippen molar-refractivity contribution in [3.63, 3.8) is 0 Å². The first-order valence-electron chi connectivity index (χ1n) is 8.08. The fraction of sp³-hybridized carbons (Fsp3) is 0.529. The fourth-order valence-electron chi connectivity index (χ4n) is 2.68. The van der Waals surface area contributed by atoms with Crippen LogP contribution < -0.4 is 10.6 Å². The molecule has 2 rings (SSSR count). The summed E-state index contributed by atoms with van der Waals surface area (Å²) in [6, 6.07) is 6.43. The molecule has 5 nitrogen and oxygen atoms in total. The third kappa shape index (κ3) is 6.61. The van der Waals surface area contributed by atoms with Crippen molar-refractivity contribution in [3.8, 4) is 6.07 Å². The number of rotatable bonds is 5. The van der Waals surface area contributed by atoms with Crippen LogP contribution >= 0.6 is 24.0 Å². The Morgan fingerprint density at radius 1 is 1.29 bits per heavy atom. The lowest BCUT2D eigenvalue weighted by molar-refractivity contribution is 0.232. The average molecular weight is 445 g/mol. The number of piperidine rings is 1. The number of benzene rings is 1. The summed E-state index contributed by atoms with van der Waals surface area (Å²) in [7, 11) is 1.70. The maximum absolute atomic E-state index is 13.8. The molecule has 24 heavy (non-hydrogen) atoms. The van der Waals surface area contributed by atoms with Gasteiger partial charge in [0.1, 0.15) is 5.82 Å². The second kappa shape index (κ2) is 11.2. The minimum Gasteiger partial charge on any atom is -0.355 e. The molecule has 1 aromatic rings. The SMILES string of the molecule is CN=C(NCCN1CCCCC1)NCc1ccc(C#N)cc1F.I. The van der Waals surface area contributed by atoms with Crippen LogP contribution in [0.3, 0.4) is 0 Å². The topological polar surface area (TPSA) is 63.5 Å². The maximum atomic E-state index is 13.8. The van der Waals surface area contributed by atoms with Gasteiger partial charge in [0.25, 0.3) is 0 Å². The number of halogens is 2. The van der Waals surface area contributed by atoms with E-state index >= 15 is 0 Å². The summed E-state index contributed by atoms with van der Waals surface area (Å²) in [5.41, 5.74) is 0.846. The van der Waals surface area contributed by atoms with E-state index in [1.165, 1.54) is 38.4 Å². The number of hydrogen-bond donors (Lipinski definition) is 2. The Morgan fingerprint density at radius 3 is 2.67 bits per heavy atom. The van der Waals surface area contributed by atoms with Crippen molar-refractivity contribution in [1.29, 1.82) is 5.26 Å². The van der Waals surface area contributed by atoms with Crippen LogP contribution in [0.2, 0.25) is 0 Å². The molecule has 132 valence electrons. The zero-order valence-electron chi connectivity index (χ0n) is 14.0. The van der Waals surface area contributed by atoms with Gasteiger partial charge in [0.2, 0.25) is 0 Å². The van der Waals surface area contributed by atoms with E-state index in [2.05, 4.69) is 20.5 Å². The van der Waals surface area contributed by atoms with Crippen LogP contribution in [0.5, 0.6) is 0 Å². The summed E-state index contributed by atoms with van der Waals surface area (Å²) in [5.74, 6) is 0.283. The van der Waals surface area contributed by atoms with Crippen molar-refractivity contribution in [2.24, 2.45) is 4.99 Å². The Morgan fingerprint density at radius 2 is 2.04 bits per heavy atom. The van der Waals surface area contributed by atoms with Gasteiger partial charge in [-0.1, -0.05) is 12.5 Å². The number of guanidine groups is 1. The quantitative estimate of drug-likeness (QED) is 0.416. The molecule has 1 aromatic carbocycles. The molecule has 0 bridgehead atoms. The smallest absolute Gasteiger partial charge is 0.191 e. The molecule has 0 radical (unpaired) electrons. The molecule has 7 heteroatoms. The molecule has 2 N–H and O–H groups in total. The highest BCUT2D eigenvalue weighted by Gasteiger charge is 2.09. The molecule has 1 aliphatic heterocycles. The van der Waals surface area contributed by atoms with Gasteiger partial charge in [0.15, 0.2) is 5.96 Å². The van der Waals surface area contributed by atoms with Gasteiger partial charge < -0.3 is 15.5 Å². The molecule has 0 amide bonds. The number of nitriles is 1. The average Bonchev–Trinajstić information content (AvgIpc) is 2.59. The summed E-state index contributed by atoms with van der Waals surface area (Å²) in [6.45, 7) is 4.48. The Balaban J connectivity index is 0.00000288. The highest BCUT2D eigenvalue weighted by molar-refractivity contribution is 14.0. The second-order valence-corrected chi connectivity index (χ2v) is 5.67. The molecular weight excluding hydrogens is 420 g/mol. The summed E-state index contributed by atoms with van der Waals surface area (Å²) in [4.78, 5) is 6.60. The summed E-state index contributed by atoms with van der Waals surface area (Å²) in [5, 5.41) is 15.1. The summed E-state index contributed by atoms with van der Waals surface area (Å²) in [6.07, 6.45) is 3.90. The van der Waals surface area contributed by atoms with E-state index in [1.54, 1.807) is 19.2 Å². The predicted molar refractivity (Wildman–Crippen MR) is 105 cm³/mol. The molecule has 1 heterocycles. The second-order valence-electron chi connectivity index (χ2n) is 5.67. The lowest BCUT2D eigenvalue weighted by atomic mass is 10.1. The normalized spacial score (nSPS) is 15.3. The Labute approximate surface area is 160 Å². The largest absolute Gasteiger partial charge is 0.355 e. The number of nitrogens with zero attached hydrogens (tertiary/aromatic N) is 3. The molecule has 0 aliphatic carbocycles. The number of nitrogens with one attached hydrogen (secondary N) is 2. The van der Waals surface area contributed by atoms with E-state index in [0.29, 0.717) is 23.6 Å². The minimum atomic E-state index is -0.375. The minimum absolute atomic E-state index is 0. The highest BCUT2D eigenvalue weighted by atomic mass is 127.